The van der Waals surface area contributed by atoms with E-state index in [9.17, 15) is 13.2 Å². The van der Waals surface area contributed by atoms with E-state index in [1.54, 1.807) is 31.2 Å². The molecular weight excluding hydrogens is 191 g/mol. The van der Waals surface area contributed by atoms with E-state index in [-0.39, 0.29) is 0 Å². The van der Waals surface area contributed by atoms with Crippen LogP contribution >= 0.6 is 0 Å². The Hall–Kier alpha value is -1.19. The first-order valence-electron chi connectivity index (χ1n) is 4.23. The normalized spacial score (nSPS) is 11.5. The lowest BCUT2D eigenvalue weighted by Crippen LogP contribution is -2.31. The number of rotatable bonds is 2. The molecule has 0 aliphatic heterocycles. The van der Waals surface area contributed by atoms with E-state index in [1.165, 1.54) is 11.9 Å². The quantitative estimate of drug-likeness (QED) is 0.714. The van der Waals surface area contributed by atoms with Gasteiger partial charge in [-0.2, -0.15) is 13.2 Å². The molecule has 0 unspecified atom stereocenters. The van der Waals surface area contributed by atoms with Gasteiger partial charge in [0.25, 0.3) is 0 Å². The van der Waals surface area contributed by atoms with Crippen molar-refractivity contribution in [3.8, 4) is 0 Å². The van der Waals surface area contributed by atoms with Gasteiger partial charge in [-0.15, -0.1) is 0 Å². The Balaban J connectivity index is 2.80. The zero-order chi connectivity index (χ0) is 10.8. The average molecular weight is 203 g/mol. The van der Waals surface area contributed by atoms with Crippen molar-refractivity contribution in [3.63, 3.8) is 0 Å². The fourth-order valence-corrected chi connectivity index (χ4v) is 1.35. The van der Waals surface area contributed by atoms with Crippen LogP contribution in [0.5, 0.6) is 0 Å². The Labute approximate surface area is 81.1 Å². The molecule has 14 heavy (non-hydrogen) atoms. The van der Waals surface area contributed by atoms with Gasteiger partial charge in [-0.3, -0.25) is 0 Å². The summed E-state index contributed by atoms with van der Waals surface area (Å²) in [5, 5.41) is 0. The smallest absolute Gasteiger partial charge is 0.366 e. The first-order chi connectivity index (χ1) is 6.40. The minimum absolute atomic E-state index is 0.616. The summed E-state index contributed by atoms with van der Waals surface area (Å²) in [7, 11) is 1.44. The van der Waals surface area contributed by atoms with Crippen molar-refractivity contribution in [2.75, 3.05) is 18.5 Å². The molecule has 0 heterocycles. The molecule has 1 aromatic carbocycles. The van der Waals surface area contributed by atoms with Crippen LogP contribution in [0.15, 0.2) is 24.3 Å². The Bertz CT molecular complexity index is 306. The van der Waals surface area contributed by atoms with Gasteiger partial charge in [0, 0.05) is 12.7 Å². The molecule has 0 aliphatic carbocycles. The number of nitrogens with zero attached hydrogens (tertiary/aromatic N) is 1. The average Bonchev–Trinajstić information content (AvgIpc) is 2.01. The van der Waals surface area contributed by atoms with Crippen LogP contribution in [0.2, 0.25) is 0 Å². The SMILES string of the molecule is Cc1ccccc1N(C)CC(F)(F)F. The highest BCUT2D eigenvalue weighted by molar-refractivity contribution is 5.52. The Morgan fingerprint density at radius 2 is 1.79 bits per heavy atom. The van der Waals surface area contributed by atoms with Gasteiger partial charge < -0.3 is 4.90 Å². The van der Waals surface area contributed by atoms with Crippen LogP contribution in [0.4, 0.5) is 18.9 Å². The number of benzene rings is 1. The highest BCUT2D eigenvalue weighted by Gasteiger charge is 2.29. The lowest BCUT2D eigenvalue weighted by atomic mass is 10.2. The third-order valence-electron chi connectivity index (χ3n) is 1.94. The zero-order valence-corrected chi connectivity index (χ0v) is 8.10. The second kappa shape index (κ2) is 3.90. The third kappa shape index (κ3) is 2.94. The number of halogens is 3. The fraction of sp³-hybridized carbons (Fsp3) is 0.400. The zero-order valence-electron chi connectivity index (χ0n) is 8.10. The summed E-state index contributed by atoms with van der Waals surface area (Å²) < 4.78 is 36.2. The predicted molar refractivity (Wildman–Crippen MR) is 50.5 cm³/mol. The number of alkyl halides is 3. The van der Waals surface area contributed by atoms with E-state index in [0.29, 0.717) is 5.69 Å². The molecule has 0 N–H and O–H groups in total. The second-order valence-corrected chi connectivity index (χ2v) is 3.26. The van der Waals surface area contributed by atoms with E-state index in [0.717, 1.165) is 5.56 Å². The molecule has 0 radical (unpaired) electrons. The Morgan fingerprint density at radius 3 is 2.29 bits per heavy atom. The number of para-hydroxylation sites is 1. The first kappa shape index (κ1) is 10.9. The summed E-state index contributed by atoms with van der Waals surface area (Å²) in [4.78, 5) is 1.20. The van der Waals surface area contributed by atoms with Gasteiger partial charge in [-0.1, -0.05) is 18.2 Å². The molecule has 0 saturated carbocycles. The minimum atomic E-state index is -4.16. The van der Waals surface area contributed by atoms with E-state index < -0.39 is 12.7 Å². The maximum atomic E-state index is 12.1. The molecule has 0 saturated heterocycles. The highest BCUT2D eigenvalue weighted by Crippen LogP contribution is 2.23. The molecule has 1 nitrogen and oxygen atoms in total. The van der Waals surface area contributed by atoms with Crippen LogP contribution in [-0.2, 0) is 0 Å². The molecule has 1 rings (SSSR count). The molecule has 4 heteroatoms. The van der Waals surface area contributed by atoms with Crippen molar-refractivity contribution in [2.45, 2.75) is 13.1 Å². The van der Waals surface area contributed by atoms with Gasteiger partial charge in [-0.05, 0) is 18.6 Å². The minimum Gasteiger partial charge on any atom is -0.366 e. The molecule has 0 aromatic heterocycles. The van der Waals surface area contributed by atoms with E-state index >= 15 is 0 Å². The third-order valence-corrected chi connectivity index (χ3v) is 1.94. The summed E-state index contributed by atoms with van der Waals surface area (Å²) in [6.07, 6.45) is -4.16. The van der Waals surface area contributed by atoms with Crippen LogP contribution in [0.25, 0.3) is 0 Å². The van der Waals surface area contributed by atoms with Crippen LogP contribution in [0.3, 0.4) is 0 Å². The predicted octanol–water partition coefficient (Wildman–Crippen LogP) is 2.99. The maximum Gasteiger partial charge on any atom is 0.405 e. The molecule has 0 bridgehead atoms. The van der Waals surface area contributed by atoms with Crippen molar-refractivity contribution in [3.05, 3.63) is 29.8 Å². The monoisotopic (exact) mass is 203 g/mol. The molecule has 0 spiro atoms. The molecule has 0 atom stereocenters. The number of anilines is 1. The van der Waals surface area contributed by atoms with Gasteiger partial charge in [0.1, 0.15) is 6.54 Å². The number of aryl methyl sites for hydroxylation is 1. The van der Waals surface area contributed by atoms with Crippen molar-refractivity contribution in [2.24, 2.45) is 0 Å². The van der Waals surface area contributed by atoms with E-state index in [4.69, 9.17) is 0 Å². The number of hydrogen-bond donors (Lipinski definition) is 0. The van der Waals surface area contributed by atoms with Crippen molar-refractivity contribution >= 4 is 5.69 Å². The molecule has 0 amide bonds. The second-order valence-electron chi connectivity index (χ2n) is 3.26. The molecule has 0 aliphatic rings. The van der Waals surface area contributed by atoms with Crippen LogP contribution in [0.1, 0.15) is 5.56 Å². The molecular formula is C10H12F3N. The van der Waals surface area contributed by atoms with Gasteiger partial charge in [0.15, 0.2) is 0 Å². The standard InChI is InChI=1S/C10H12F3N/c1-8-5-3-4-6-9(8)14(2)7-10(11,12)13/h3-6H,7H2,1-2H3. The first-order valence-corrected chi connectivity index (χ1v) is 4.23. The van der Waals surface area contributed by atoms with E-state index in [2.05, 4.69) is 0 Å². The lowest BCUT2D eigenvalue weighted by Gasteiger charge is -2.22. The van der Waals surface area contributed by atoms with Crippen LogP contribution < -0.4 is 4.90 Å². The maximum absolute atomic E-state index is 12.1. The largest absolute Gasteiger partial charge is 0.405 e. The summed E-state index contributed by atoms with van der Waals surface area (Å²) in [6, 6.07) is 7.01. The number of hydrogen-bond acceptors (Lipinski definition) is 1. The highest BCUT2D eigenvalue weighted by atomic mass is 19.4. The lowest BCUT2D eigenvalue weighted by molar-refractivity contribution is -0.119. The molecule has 1 aromatic rings. The van der Waals surface area contributed by atoms with Crippen LogP contribution in [-0.4, -0.2) is 19.8 Å². The van der Waals surface area contributed by atoms with Gasteiger partial charge in [0.2, 0.25) is 0 Å². The molecule has 0 fully saturated rings. The molecule has 78 valence electrons. The summed E-state index contributed by atoms with van der Waals surface area (Å²) >= 11 is 0. The Kier molecular flexibility index (Phi) is 3.03. The summed E-state index contributed by atoms with van der Waals surface area (Å²) in [6.45, 7) is 0.875. The summed E-state index contributed by atoms with van der Waals surface area (Å²) in [5.74, 6) is 0. The Morgan fingerprint density at radius 1 is 1.21 bits per heavy atom. The topological polar surface area (TPSA) is 3.24 Å². The van der Waals surface area contributed by atoms with Gasteiger partial charge in [0.05, 0.1) is 0 Å². The van der Waals surface area contributed by atoms with Gasteiger partial charge in [-0.25, -0.2) is 0 Å². The van der Waals surface area contributed by atoms with Crippen LogP contribution in [0, 0.1) is 6.92 Å². The van der Waals surface area contributed by atoms with Crippen molar-refractivity contribution in [1.82, 2.24) is 0 Å². The van der Waals surface area contributed by atoms with Gasteiger partial charge >= 0.3 is 6.18 Å². The fourth-order valence-electron chi connectivity index (χ4n) is 1.35. The van der Waals surface area contributed by atoms with Crippen molar-refractivity contribution < 1.29 is 13.2 Å². The summed E-state index contributed by atoms with van der Waals surface area (Å²) in [5.41, 5.74) is 1.46. The van der Waals surface area contributed by atoms with E-state index in [1.807, 2.05) is 0 Å². The van der Waals surface area contributed by atoms with Crippen molar-refractivity contribution in [1.29, 1.82) is 0 Å².